The number of esters is 1. The van der Waals surface area contributed by atoms with E-state index < -0.39 is 53.4 Å². The Kier molecular flexibility index (Phi) is 6.35. The minimum absolute atomic E-state index is 0.403. The Morgan fingerprint density at radius 2 is 1.96 bits per heavy atom. The molecule has 0 aliphatic heterocycles. The number of ether oxygens (including phenoxy) is 1. The van der Waals surface area contributed by atoms with Crippen molar-refractivity contribution in [3.63, 3.8) is 0 Å². The zero-order valence-electron chi connectivity index (χ0n) is 12.1. The highest BCUT2D eigenvalue weighted by atomic mass is 35.5. The van der Waals surface area contributed by atoms with Crippen molar-refractivity contribution < 1.29 is 32.3 Å². The van der Waals surface area contributed by atoms with Crippen LogP contribution in [0.3, 0.4) is 0 Å². The van der Waals surface area contributed by atoms with Crippen LogP contribution in [0.2, 0.25) is 5.02 Å². The Morgan fingerprint density at radius 3 is 2.50 bits per heavy atom. The fourth-order valence-electron chi connectivity index (χ4n) is 1.43. The summed E-state index contributed by atoms with van der Waals surface area (Å²) >= 11 is 5.42. The van der Waals surface area contributed by atoms with E-state index in [0.29, 0.717) is 16.8 Å². The summed E-state index contributed by atoms with van der Waals surface area (Å²) in [7, 11) is 1.25. The van der Waals surface area contributed by atoms with Gasteiger partial charge in [-0.15, -0.1) is 0 Å². The summed E-state index contributed by atoms with van der Waals surface area (Å²) in [4.78, 5) is 45.1. The highest BCUT2D eigenvalue weighted by Crippen LogP contribution is 2.29. The van der Waals surface area contributed by atoms with E-state index in [1.54, 1.807) is 5.32 Å². The lowest BCUT2D eigenvalue weighted by atomic mass is 10.2. The summed E-state index contributed by atoms with van der Waals surface area (Å²) in [6.07, 6.45) is -4.36. The third kappa shape index (κ3) is 5.57. The molecule has 1 aromatic rings. The predicted octanol–water partition coefficient (Wildman–Crippen LogP) is 0.519. The maximum Gasteiger partial charge on any atom is 0.417 e. The lowest BCUT2D eigenvalue weighted by molar-refractivity contribution is -0.149. The molecule has 24 heavy (non-hydrogen) atoms. The maximum atomic E-state index is 12.6. The normalized spacial score (nSPS) is 10.9. The molecule has 1 rings (SSSR count). The number of alkyl halides is 3. The Bertz CT molecular complexity index is 717. The quantitative estimate of drug-likeness (QED) is 0.752. The van der Waals surface area contributed by atoms with Crippen LogP contribution < -0.4 is 16.2 Å². The number of amides is 3. The average Bonchev–Trinajstić information content (AvgIpc) is 2.48. The number of aromatic nitrogens is 1. The summed E-state index contributed by atoms with van der Waals surface area (Å²) in [6, 6.07) is -0.403. The van der Waals surface area contributed by atoms with Gasteiger partial charge in [0.25, 0.3) is 11.5 Å². The van der Waals surface area contributed by atoms with Crippen LogP contribution >= 0.6 is 11.6 Å². The van der Waals surface area contributed by atoms with Crippen molar-refractivity contribution in [3.8, 4) is 0 Å². The van der Waals surface area contributed by atoms with Crippen molar-refractivity contribution in [2.24, 2.45) is 0 Å². The first kappa shape index (κ1) is 19.5. The molecule has 3 amide bonds. The molecule has 0 saturated heterocycles. The number of rotatable bonds is 4. The average molecular weight is 370 g/mol. The highest BCUT2D eigenvalue weighted by Gasteiger charge is 2.32. The van der Waals surface area contributed by atoms with Crippen LogP contribution in [0.25, 0.3) is 0 Å². The van der Waals surface area contributed by atoms with Crippen LogP contribution in [0.5, 0.6) is 0 Å². The Morgan fingerprint density at radius 1 is 1.33 bits per heavy atom. The molecule has 2 N–H and O–H groups in total. The first-order valence-corrected chi connectivity index (χ1v) is 6.56. The van der Waals surface area contributed by atoms with Crippen LogP contribution in [0.15, 0.2) is 17.1 Å². The Balaban J connectivity index is 2.77. The van der Waals surface area contributed by atoms with Crippen LogP contribution in [0.4, 0.5) is 18.0 Å². The first-order valence-electron chi connectivity index (χ1n) is 6.19. The summed E-state index contributed by atoms with van der Waals surface area (Å²) in [5.41, 5.74) is -2.26. The molecule has 0 aliphatic rings. The number of hydrogen-bond donors (Lipinski definition) is 2. The summed E-state index contributed by atoms with van der Waals surface area (Å²) in [5, 5.41) is 3.15. The number of halogens is 4. The van der Waals surface area contributed by atoms with Gasteiger partial charge < -0.3 is 14.6 Å². The molecule has 0 bridgehead atoms. The molecule has 0 unspecified atom stereocenters. The number of urea groups is 1. The van der Waals surface area contributed by atoms with Gasteiger partial charge in [0.15, 0.2) is 6.61 Å². The third-order valence-electron chi connectivity index (χ3n) is 2.51. The van der Waals surface area contributed by atoms with Crippen molar-refractivity contribution in [3.05, 3.63) is 33.2 Å². The molecular formula is C12H11ClF3N3O5. The Labute approximate surface area is 137 Å². The standard InChI is InChI=1S/C12H11ClF3N3O5/c1-17-11(23)18-8(20)5-24-9(21)4-19-3-6(12(14,15)16)2-7(13)10(19)22/h2-3H,4-5H2,1H3,(H2,17,18,20,23). The zero-order valence-corrected chi connectivity index (χ0v) is 12.8. The number of carbonyl (C=O) groups is 3. The second-order valence-electron chi connectivity index (χ2n) is 4.30. The van der Waals surface area contributed by atoms with Crippen molar-refractivity contribution in [1.29, 1.82) is 0 Å². The SMILES string of the molecule is CNC(=O)NC(=O)COC(=O)Cn1cc(C(F)(F)F)cc(Cl)c1=O. The monoisotopic (exact) mass is 369 g/mol. The fourth-order valence-corrected chi connectivity index (χ4v) is 1.65. The maximum absolute atomic E-state index is 12.6. The van der Waals surface area contributed by atoms with Crippen LogP contribution in [0.1, 0.15) is 5.56 Å². The lowest BCUT2D eigenvalue weighted by Gasteiger charge is -2.11. The molecule has 0 saturated carbocycles. The third-order valence-corrected chi connectivity index (χ3v) is 2.78. The van der Waals surface area contributed by atoms with Gasteiger partial charge in [0, 0.05) is 13.2 Å². The van der Waals surface area contributed by atoms with Gasteiger partial charge in [-0.25, -0.2) is 4.79 Å². The molecule has 132 valence electrons. The molecule has 0 atom stereocenters. The van der Waals surface area contributed by atoms with Gasteiger partial charge >= 0.3 is 18.2 Å². The molecular weight excluding hydrogens is 359 g/mol. The molecule has 0 aliphatic carbocycles. The molecule has 12 heteroatoms. The topological polar surface area (TPSA) is 106 Å². The van der Waals surface area contributed by atoms with E-state index in [9.17, 15) is 32.3 Å². The fraction of sp³-hybridized carbons (Fsp3) is 0.333. The van der Waals surface area contributed by atoms with Gasteiger partial charge in [0.1, 0.15) is 11.6 Å². The smallest absolute Gasteiger partial charge is 0.417 e. The van der Waals surface area contributed by atoms with E-state index in [1.165, 1.54) is 7.05 Å². The lowest BCUT2D eigenvalue weighted by Crippen LogP contribution is -2.40. The van der Waals surface area contributed by atoms with E-state index >= 15 is 0 Å². The molecule has 0 spiro atoms. The van der Waals surface area contributed by atoms with Crippen molar-refractivity contribution in [2.45, 2.75) is 12.7 Å². The van der Waals surface area contributed by atoms with Crippen LogP contribution in [0, 0.1) is 0 Å². The zero-order chi connectivity index (χ0) is 18.5. The van der Waals surface area contributed by atoms with Crippen molar-refractivity contribution in [1.82, 2.24) is 15.2 Å². The first-order chi connectivity index (χ1) is 11.0. The highest BCUT2D eigenvalue weighted by molar-refractivity contribution is 6.30. The van der Waals surface area contributed by atoms with E-state index in [4.69, 9.17) is 11.6 Å². The summed E-state index contributed by atoms with van der Waals surface area (Å²) in [6.45, 7) is -1.75. The summed E-state index contributed by atoms with van der Waals surface area (Å²) in [5.74, 6) is -2.13. The van der Waals surface area contributed by atoms with Gasteiger partial charge in [-0.3, -0.25) is 19.7 Å². The van der Waals surface area contributed by atoms with Gasteiger partial charge in [-0.2, -0.15) is 13.2 Å². The van der Waals surface area contributed by atoms with Gasteiger partial charge in [-0.05, 0) is 6.07 Å². The molecule has 8 nitrogen and oxygen atoms in total. The number of carbonyl (C=O) groups excluding carboxylic acids is 3. The van der Waals surface area contributed by atoms with Crippen molar-refractivity contribution in [2.75, 3.05) is 13.7 Å². The number of hydrogen-bond acceptors (Lipinski definition) is 5. The minimum Gasteiger partial charge on any atom is -0.454 e. The van der Waals surface area contributed by atoms with E-state index in [1.807, 2.05) is 0 Å². The number of imide groups is 1. The molecule has 0 fully saturated rings. The summed E-state index contributed by atoms with van der Waals surface area (Å²) < 4.78 is 42.8. The number of nitrogens with one attached hydrogen (secondary N) is 2. The van der Waals surface area contributed by atoms with E-state index in [0.717, 1.165) is 0 Å². The van der Waals surface area contributed by atoms with Crippen molar-refractivity contribution >= 4 is 29.5 Å². The van der Waals surface area contributed by atoms with Crippen LogP contribution in [-0.4, -0.2) is 36.1 Å². The molecule has 1 heterocycles. The Hall–Kier alpha value is -2.56. The van der Waals surface area contributed by atoms with E-state index in [2.05, 4.69) is 10.1 Å². The molecule has 0 radical (unpaired) electrons. The number of pyridine rings is 1. The van der Waals surface area contributed by atoms with Crippen LogP contribution in [-0.2, 0) is 27.0 Å². The number of nitrogens with zero attached hydrogens (tertiary/aromatic N) is 1. The van der Waals surface area contributed by atoms with Gasteiger partial charge in [-0.1, -0.05) is 11.6 Å². The predicted molar refractivity (Wildman–Crippen MR) is 74.3 cm³/mol. The molecule has 1 aromatic heterocycles. The molecule has 0 aromatic carbocycles. The minimum atomic E-state index is -4.77. The van der Waals surface area contributed by atoms with Gasteiger partial charge in [0.2, 0.25) is 0 Å². The van der Waals surface area contributed by atoms with Gasteiger partial charge in [0.05, 0.1) is 5.56 Å². The largest absolute Gasteiger partial charge is 0.454 e. The van der Waals surface area contributed by atoms with E-state index in [-0.39, 0.29) is 0 Å². The second-order valence-corrected chi connectivity index (χ2v) is 4.70. The second kappa shape index (κ2) is 7.81.